The van der Waals surface area contributed by atoms with Crippen LogP contribution < -0.4 is 0 Å². The summed E-state index contributed by atoms with van der Waals surface area (Å²) in [6.45, 7) is 4.44. The van der Waals surface area contributed by atoms with E-state index in [1.54, 1.807) is 0 Å². The third kappa shape index (κ3) is 42.8. The van der Waals surface area contributed by atoms with Crippen LogP contribution >= 0.6 is 0 Å². The Morgan fingerprint density at radius 1 is 0.484 bits per heavy atom. The number of carbonyl (C=O) groups is 3. The summed E-state index contributed by atoms with van der Waals surface area (Å²) >= 11 is 0. The summed E-state index contributed by atoms with van der Waals surface area (Å²) in [5.41, 5.74) is 0. The number of unbranched alkanes of at least 4 members (excludes halogenated alkanes) is 5. The Balaban J connectivity index is 4.51. The number of quaternary nitrogens is 1. The van der Waals surface area contributed by atoms with Crippen LogP contribution in [-0.4, -0.2) is 80.6 Å². The Morgan fingerprint density at radius 2 is 0.859 bits per heavy atom. The highest BCUT2D eigenvalue weighted by atomic mass is 16.6. The van der Waals surface area contributed by atoms with Crippen molar-refractivity contribution >= 4 is 17.9 Å². The molecule has 2 unspecified atom stereocenters. The highest BCUT2D eigenvalue weighted by Gasteiger charge is 2.31. The molecule has 0 aromatic carbocycles. The van der Waals surface area contributed by atoms with Crippen LogP contribution in [0.4, 0.5) is 0 Å². The first kappa shape index (κ1) is 59.5. The number of carboxylic acids is 1. The number of carboxylic acid groups (broad SMARTS) is 1. The third-order valence-corrected chi connectivity index (χ3v) is 9.78. The van der Waals surface area contributed by atoms with E-state index in [1.165, 1.54) is 25.7 Å². The molecule has 0 saturated carbocycles. The fraction of sp³-hybridized carbons (Fsp3) is 0.554. The van der Waals surface area contributed by atoms with Gasteiger partial charge in [0.2, 0.25) is 0 Å². The highest BCUT2D eigenvalue weighted by Crippen LogP contribution is 2.11. The maximum atomic E-state index is 12.7. The van der Waals surface area contributed by atoms with E-state index < -0.39 is 18.1 Å². The van der Waals surface area contributed by atoms with E-state index in [0.29, 0.717) is 19.3 Å². The van der Waals surface area contributed by atoms with Crippen molar-refractivity contribution < 1.29 is 38.2 Å². The zero-order chi connectivity index (χ0) is 47.0. The van der Waals surface area contributed by atoms with Gasteiger partial charge in [-0.3, -0.25) is 9.59 Å². The van der Waals surface area contributed by atoms with Gasteiger partial charge in [-0.25, -0.2) is 4.79 Å². The third-order valence-electron chi connectivity index (χ3n) is 9.78. The average molecular weight is 887 g/mol. The van der Waals surface area contributed by atoms with Gasteiger partial charge in [0.15, 0.2) is 12.1 Å². The minimum absolute atomic E-state index is 0.0109. The van der Waals surface area contributed by atoms with Gasteiger partial charge < -0.3 is 23.8 Å². The Hall–Kier alpha value is -4.53. The number of carbonyl (C=O) groups excluding carboxylic acids is 2. The maximum Gasteiger partial charge on any atom is 0.362 e. The van der Waals surface area contributed by atoms with E-state index in [-0.39, 0.29) is 49.1 Å². The molecule has 0 rings (SSSR count). The molecule has 0 spiro atoms. The van der Waals surface area contributed by atoms with Crippen molar-refractivity contribution in [3.63, 3.8) is 0 Å². The van der Waals surface area contributed by atoms with Crippen LogP contribution in [0.3, 0.4) is 0 Å². The van der Waals surface area contributed by atoms with E-state index in [4.69, 9.17) is 14.2 Å². The first-order valence-electron chi connectivity index (χ1n) is 24.2. The van der Waals surface area contributed by atoms with Crippen molar-refractivity contribution in [1.29, 1.82) is 0 Å². The van der Waals surface area contributed by atoms with Gasteiger partial charge in [-0.2, -0.15) is 0 Å². The zero-order valence-corrected chi connectivity index (χ0v) is 40.7. The fourth-order valence-corrected chi connectivity index (χ4v) is 6.07. The van der Waals surface area contributed by atoms with Crippen LogP contribution in [0.2, 0.25) is 0 Å². The Bertz CT molecular complexity index is 1500. The first-order chi connectivity index (χ1) is 31.1. The molecular formula is C56H88NO7+. The summed E-state index contributed by atoms with van der Waals surface area (Å²) in [4.78, 5) is 37.1. The molecule has 8 heteroatoms. The smallest absolute Gasteiger partial charge is 0.362 e. The second kappa shape index (κ2) is 45.1. The molecule has 358 valence electrons. The highest BCUT2D eigenvalue weighted by molar-refractivity contribution is 5.72. The normalized spacial score (nSPS) is 14.1. The quantitative estimate of drug-likeness (QED) is 0.0282. The standard InChI is InChI=1S/C56H87NO7/c1-6-8-10-12-14-16-18-20-22-24-25-26-27-28-29-31-32-34-36-38-40-42-44-46-54(58)63-51-52(50-62-49-48-53(56(60)61)57(3,4)5)64-55(59)47-45-43-41-39-37-35-33-30-23-21-19-17-15-13-11-9-7-2/h8,10,14-17,20-23,25-26,28-29,32-35,38-41,52-53H,6-7,9,11-13,18-19,24,27,30-31,36-37,42-51H2,1-5H3/p+1/b10-8+,16-14+,17-15+,22-20+,23-21+,26-25+,29-28+,34-32+,35-33+,40-38+,41-39+. The van der Waals surface area contributed by atoms with Gasteiger partial charge in [0.25, 0.3) is 0 Å². The number of hydrogen-bond donors (Lipinski definition) is 1. The number of esters is 2. The largest absolute Gasteiger partial charge is 0.477 e. The van der Waals surface area contributed by atoms with Crippen LogP contribution in [0.15, 0.2) is 134 Å². The molecule has 0 heterocycles. The lowest BCUT2D eigenvalue weighted by molar-refractivity contribution is -0.887. The number of hydrogen-bond acceptors (Lipinski definition) is 6. The Morgan fingerprint density at radius 3 is 1.23 bits per heavy atom. The summed E-state index contributed by atoms with van der Waals surface area (Å²) < 4.78 is 17.2. The zero-order valence-electron chi connectivity index (χ0n) is 40.7. The van der Waals surface area contributed by atoms with E-state index in [9.17, 15) is 19.5 Å². The monoisotopic (exact) mass is 887 g/mol. The summed E-state index contributed by atoms with van der Waals surface area (Å²) in [7, 11) is 5.48. The van der Waals surface area contributed by atoms with Gasteiger partial charge in [-0.05, 0) is 103 Å². The number of aliphatic carboxylic acids is 1. The summed E-state index contributed by atoms with van der Waals surface area (Å²) in [5, 5.41) is 9.64. The van der Waals surface area contributed by atoms with Crippen LogP contribution in [0.25, 0.3) is 0 Å². The molecule has 0 radical (unpaired) electrons. The van der Waals surface area contributed by atoms with Crippen molar-refractivity contribution in [3.8, 4) is 0 Å². The summed E-state index contributed by atoms with van der Waals surface area (Å²) in [6.07, 6.45) is 65.1. The number of likely N-dealkylation sites (N-methyl/N-ethyl adjacent to an activating group) is 1. The minimum Gasteiger partial charge on any atom is -0.477 e. The summed E-state index contributed by atoms with van der Waals surface area (Å²) in [6, 6.07) is -0.642. The molecule has 0 aliphatic carbocycles. The molecule has 0 bridgehead atoms. The molecule has 1 N–H and O–H groups in total. The predicted octanol–water partition coefficient (Wildman–Crippen LogP) is 14.0. The van der Waals surface area contributed by atoms with Crippen LogP contribution in [-0.2, 0) is 28.6 Å². The molecule has 2 atom stereocenters. The van der Waals surface area contributed by atoms with Crippen LogP contribution in [0, 0.1) is 0 Å². The van der Waals surface area contributed by atoms with E-state index in [2.05, 4.69) is 148 Å². The molecule has 0 aromatic heterocycles. The van der Waals surface area contributed by atoms with E-state index in [0.717, 1.165) is 77.0 Å². The molecule has 0 fully saturated rings. The van der Waals surface area contributed by atoms with E-state index in [1.807, 2.05) is 21.1 Å². The molecule has 64 heavy (non-hydrogen) atoms. The average Bonchev–Trinajstić information content (AvgIpc) is 3.26. The van der Waals surface area contributed by atoms with Gasteiger partial charge in [0.05, 0.1) is 34.4 Å². The van der Waals surface area contributed by atoms with Crippen molar-refractivity contribution in [3.05, 3.63) is 134 Å². The SMILES string of the molecule is CC/C=C/C/C=C/C/C=C/C/C=C/C/C=C/C/C=C/C/C=C/CCCC(=O)OCC(COCCC(C(=O)O)[N+](C)(C)C)OC(=O)CCC/C=C/C/C=C/C/C=C/C/C=C/CCCCC. The molecular weight excluding hydrogens is 799 g/mol. The fourth-order valence-electron chi connectivity index (χ4n) is 6.07. The van der Waals surface area contributed by atoms with Crippen molar-refractivity contribution in [2.24, 2.45) is 0 Å². The minimum atomic E-state index is -0.897. The van der Waals surface area contributed by atoms with E-state index >= 15 is 0 Å². The van der Waals surface area contributed by atoms with Gasteiger partial charge in [0, 0.05) is 19.3 Å². The Kier molecular flexibility index (Phi) is 41.9. The molecule has 0 aromatic rings. The molecule has 0 saturated heterocycles. The lowest BCUT2D eigenvalue weighted by atomic mass is 10.1. The van der Waals surface area contributed by atoms with Gasteiger partial charge >= 0.3 is 17.9 Å². The van der Waals surface area contributed by atoms with Gasteiger partial charge in [0.1, 0.15) is 6.61 Å². The number of ether oxygens (including phenoxy) is 3. The lowest BCUT2D eigenvalue weighted by Gasteiger charge is -2.31. The first-order valence-corrected chi connectivity index (χ1v) is 24.2. The molecule has 0 aliphatic heterocycles. The van der Waals surface area contributed by atoms with Gasteiger partial charge in [-0.15, -0.1) is 0 Å². The lowest BCUT2D eigenvalue weighted by Crippen LogP contribution is -2.50. The maximum absolute atomic E-state index is 12.7. The topological polar surface area (TPSA) is 99.1 Å². The van der Waals surface area contributed by atoms with Crippen molar-refractivity contribution in [1.82, 2.24) is 0 Å². The second-order valence-electron chi connectivity index (χ2n) is 16.6. The van der Waals surface area contributed by atoms with Crippen molar-refractivity contribution in [2.75, 3.05) is 41.0 Å². The Labute approximate surface area is 390 Å². The molecule has 0 amide bonds. The van der Waals surface area contributed by atoms with Crippen LogP contribution in [0.1, 0.15) is 149 Å². The summed E-state index contributed by atoms with van der Waals surface area (Å²) in [5.74, 6) is -1.64. The second-order valence-corrected chi connectivity index (χ2v) is 16.6. The number of nitrogens with zero attached hydrogens (tertiary/aromatic N) is 1. The van der Waals surface area contributed by atoms with Gasteiger partial charge in [-0.1, -0.05) is 160 Å². The van der Waals surface area contributed by atoms with Crippen LogP contribution in [0.5, 0.6) is 0 Å². The van der Waals surface area contributed by atoms with Crippen molar-refractivity contribution in [2.45, 2.75) is 161 Å². The molecule has 0 aliphatic rings. The number of allylic oxidation sites excluding steroid dienone is 22. The molecule has 8 nitrogen and oxygen atoms in total. The predicted molar refractivity (Wildman–Crippen MR) is 270 cm³/mol. The number of rotatable bonds is 41.